The molecule has 0 amide bonds. The number of nitrogens with zero attached hydrogens (tertiary/aromatic N) is 3. The Morgan fingerprint density at radius 3 is 3.12 bits per heavy atom. The van der Waals surface area contributed by atoms with Crippen molar-refractivity contribution in [2.75, 3.05) is 6.61 Å². The SMILES string of the molecule is Fc1ccc2c(c1)[C@H](NCc1nnc3n1CCCCC3)CCCO2. The van der Waals surface area contributed by atoms with Crippen LogP contribution in [0.3, 0.4) is 0 Å². The molecule has 2 aliphatic heterocycles. The maximum atomic E-state index is 13.7. The van der Waals surface area contributed by atoms with E-state index in [9.17, 15) is 4.39 Å². The molecule has 1 N–H and O–H groups in total. The number of hydrogen-bond donors (Lipinski definition) is 1. The molecule has 0 radical (unpaired) electrons. The quantitative estimate of drug-likeness (QED) is 0.939. The second-order valence-corrected chi connectivity index (χ2v) is 6.60. The van der Waals surface area contributed by atoms with Crippen LogP contribution in [0.2, 0.25) is 0 Å². The zero-order chi connectivity index (χ0) is 16.4. The minimum atomic E-state index is -0.220. The molecular weight excluding hydrogens is 307 g/mol. The van der Waals surface area contributed by atoms with Gasteiger partial charge in [0.1, 0.15) is 23.2 Å². The molecule has 1 aromatic heterocycles. The van der Waals surface area contributed by atoms with E-state index in [4.69, 9.17) is 4.74 Å². The van der Waals surface area contributed by atoms with Crippen LogP contribution >= 0.6 is 0 Å². The lowest BCUT2D eigenvalue weighted by Crippen LogP contribution is -2.23. The van der Waals surface area contributed by atoms with E-state index < -0.39 is 0 Å². The molecular formula is C18H23FN4O. The van der Waals surface area contributed by atoms with Gasteiger partial charge in [-0.15, -0.1) is 10.2 Å². The molecule has 5 nitrogen and oxygen atoms in total. The number of aryl methyl sites for hydroxylation is 1. The Hall–Kier alpha value is -1.95. The molecule has 0 fully saturated rings. The molecule has 24 heavy (non-hydrogen) atoms. The summed E-state index contributed by atoms with van der Waals surface area (Å²) in [5, 5.41) is 12.3. The number of rotatable bonds is 3. The van der Waals surface area contributed by atoms with E-state index in [1.165, 1.54) is 25.3 Å². The van der Waals surface area contributed by atoms with Gasteiger partial charge in [-0.1, -0.05) is 6.42 Å². The molecule has 6 heteroatoms. The summed E-state index contributed by atoms with van der Waals surface area (Å²) in [5.41, 5.74) is 0.906. The first-order valence-electron chi connectivity index (χ1n) is 8.88. The van der Waals surface area contributed by atoms with Gasteiger partial charge in [0.2, 0.25) is 0 Å². The highest BCUT2D eigenvalue weighted by atomic mass is 19.1. The van der Waals surface area contributed by atoms with E-state index in [0.29, 0.717) is 13.2 Å². The fraction of sp³-hybridized carbons (Fsp3) is 0.556. The third-order valence-corrected chi connectivity index (χ3v) is 4.93. The monoisotopic (exact) mass is 330 g/mol. The minimum Gasteiger partial charge on any atom is -0.493 e. The summed E-state index contributed by atoms with van der Waals surface area (Å²) in [6, 6.07) is 4.85. The fourth-order valence-electron chi connectivity index (χ4n) is 3.65. The van der Waals surface area contributed by atoms with Gasteiger partial charge in [0.15, 0.2) is 0 Å². The third-order valence-electron chi connectivity index (χ3n) is 4.93. The van der Waals surface area contributed by atoms with Crippen molar-refractivity contribution < 1.29 is 9.13 Å². The van der Waals surface area contributed by atoms with Gasteiger partial charge in [0.25, 0.3) is 0 Å². The van der Waals surface area contributed by atoms with Crippen molar-refractivity contribution in [2.24, 2.45) is 0 Å². The molecule has 3 heterocycles. The molecule has 2 aromatic rings. The lowest BCUT2D eigenvalue weighted by atomic mass is 10.0. The van der Waals surface area contributed by atoms with Gasteiger partial charge in [-0.25, -0.2) is 4.39 Å². The van der Waals surface area contributed by atoms with Crippen molar-refractivity contribution >= 4 is 0 Å². The lowest BCUT2D eigenvalue weighted by molar-refractivity contribution is 0.314. The predicted octanol–water partition coefficient (Wildman–Crippen LogP) is 3.15. The Balaban J connectivity index is 1.52. The highest BCUT2D eigenvalue weighted by molar-refractivity contribution is 5.37. The van der Waals surface area contributed by atoms with E-state index in [1.807, 2.05) is 0 Å². The molecule has 4 rings (SSSR count). The van der Waals surface area contributed by atoms with Crippen LogP contribution in [0.25, 0.3) is 0 Å². The number of hydrogen-bond acceptors (Lipinski definition) is 4. The van der Waals surface area contributed by atoms with E-state index in [1.54, 1.807) is 12.1 Å². The van der Waals surface area contributed by atoms with Crippen molar-refractivity contribution in [1.29, 1.82) is 0 Å². The summed E-state index contributed by atoms with van der Waals surface area (Å²) in [7, 11) is 0. The molecule has 0 saturated carbocycles. The van der Waals surface area contributed by atoms with Gasteiger partial charge < -0.3 is 14.6 Å². The molecule has 0 bridgehead atoms. The van der Waals surface area contributed by atoms with Crippen LogP contribution in [0.5, 0.6) is 5.75 Å². The van der Waals surface area contributed by atoms with Gasteiger partial charge in [-0.2, -0.15) is 0 Å². The zero-order valence-corrected chi connectivity index (χ0v) is 13.8. The Morgan fingerprint density at radius 2 is 2.17 bits per heavy atom. The minimum absolute atomic E-state index is 0.0805. The number of nitrogens with one attached hydrogen (secondary N) is 1. The highest BCUT2D eigenvalue weighted by Crippen LogP contribution is 2.32. The van der Waals surface area contributed by atoms with Gasteiger partial charge in [0.05, 0.1) is 13.2 Å². The van der Waals surface area contributed by atoms with Gasteiger partial charge >= 0.3 is 0 Å². The predicted molar refractivity (Wildman–Crippen MR) is 88.3 cm³/mol. The van der Waals surface area contributed by atoms with Gasteiger partial charge in [-0.3, -0.25) is 0 Å². The van der Waals surface area contributed by atoms with Crippen molar-refractivity contribution in [2.45, 2.75) is 57.7 Å². The largest absolute Gasteiger partial charge is 0.493 e. The highest BCUT2D eigenvalue weighted by Gasteiger charge is 2.21. The van der Waals surface area contributed by atoms with Crippen molar-refractivity contribution in [3.63, 3.8) is 0 Å². The maximum Gasteiger partial charge on any atom is 0.147 e. The number of ether oxygens (including phenoxy) is 1. The zero-order valence-electron chi connectivity index (χ0n) is 13.8. The first-order valence-corrected chi connectivity index (χ1v) is 8.88. The lowest BCUT2D eigenvalue weighted by Gasteiger charge is -2.18. The number of aromatic nitrogens is 3. The summed E-state index contributed by atoms with van der Waals surface area (Å²) in [5.74, 6) is 2.64. The molecule has 0 unspecified atom stereocenters. The third kappa shape index (κ3) is 3.15. The van der Waals surface area contributed by atoms with Crippen LogP contribution in [0, 0.1) is 5.82 Å². The van der Waals surface area contributed by atoms with Crippen LogP contribution in [0.4, 0.5) is 4.39 Å². The second kappa shape index (κ2) is 6.89. The van der Waals surface area contributed by atoms with Crippen LogP contribution in [0.1, 0.15) is 55.4 Å². The molecule has 128 valence electrons. The van der Waals surface area contributed by atoms with Crippen molar-refractivity contribution in [1.82, 2.24) is 20.1 Å². The van der Waals surface area contributed by atoms with Crippen LogP contribution in [-0.4, -0.2) is 21.4 Å². The fourth-order valence-corrected chi connectivity index (χ4v) is 3.65. The molecule has 1 atom stereocenters. The standard InChI is InChI=1S/C18H23FN4O/c19-13-7-8-16-14(11-13)15(5-4-10-24-16)20-12-18-22-21-17-6-2-1-3-9-23(17)18/h7-8,11,15,20H,1-6,9-10,12H2/t15-/m1/s1. The molecule has 0 aliphatic carbocycles. The number of benzene rings is 1. The number of halogens is 1. The second-order valence-electron chi connectivity index (χ2n) is 6.60. The maximum absolute atomic E-state index is 13.7. The first-order chi connectivity index (χ1) is 11.8. The molecule has 0 saturated heterocycles. The van der Waals surface area contributed by atoms with E-state index in [0.717, 1.165) is 48.8 Å². The summed E-state index contributed by atoms with van der Waals surface area (Å²) in [6.07, 6.45) is 6.52. The van der Waals surface area contributed by atoms with Gasteiger partial charge in [-0.05, 0) is 43.9 Å². The van der Waals surface area contributed by atoms with Crippen molar-refractivity contribution in [3.8, 4) is 5.75 Å². The Bertz CT molecular complexity index is 715. The summed E-state index contributed by atoms with van der Waals surface area (Å²) < 4.78 is 21.7. The molecule has 0 spiro atoms. The average Bonchev–Trinajstić information content (AvgIpc) is 2.77. The van der Waals surface area contributed by atoms with E-state index >= 15 is 0 Å². The van der Waals surface area contributed by atoms with Crippen LogP contribution in [0.15, 0.2) is 18.2 Å². The normalized spacial score (nSPS) is 20.5. The first kappa shape index (κ1) is 15.6. The van der Waals surface area contributed by atoms with Crippen LogP contribution < -0.4 is 10.1 Å². The van der Waals surface area contributed by atoms with E-state index in [2.05, 4.69) is 20.1 Å². The van der Waals surface area contributed by atoms with Crippen molar-refractivity contribution in [3.05, 3.63) is 41.2 Å². The summed E-state index contributed by atoms with van der Waals surface area (Å²) in [4.78, 5) is 0. The summed E-state index contributed by atoms with van der Waals surface area (Å²) in [6.45, 7) is 2.32. The molecule has 2 aliphatic rings. The van der Waals surface area contributed by atoms with E-state index in [-0.39, 0.29) is 11.9 Å². The Kier molecular flexibility index (Phi) is 4.47. The molecule has 1 aromatic carbocycles. The van der Waals surface area contributed by atoms with Gasteiger partial charge in [0, 0.05) is 24.6 Å². The Morgan fingerprint density at radius 1 is 1.21 bits per heavy atom. The van der Waals surface area contributed by atoms with Crippen LogP contribution in [-0.2, 0) is 19.5 Å². The average molecular weight is 330 g/mol. The smallest absolute Gasteiger partial charge is 0.147 e. The summed E-state index contributed by atoms with van der Waals surface area (Å²) >= 11 is 0. The Labute approximate surface area is 141 Å². The number of fused-ring (bicyclic) bond motifs is 2. The topological polar surface area (TPSA) is 52.0 Å².